The lowest BCUT2D eigenvalue weighted by atomic mass is 10.1. The number of aryl methyl sites for hydroxylation is 1. The normalized spacial score (nSPS) is 9.75. The lowest BCUT2D eigenvalue weighted by Gasteiger charge is -2.00. The van der Waals surface area contributed by atoms with Crippen molar-refractivity contribution in [1.82, 2.24) is 4.98 Å². The van der Waals surface area contributed by atoms with Crippen LogP contribution in [0.4, 0.5) is 0 Å². The molecule has 0 aliphatic carbocycles. The highest BCUT2D eigenvalue weighted by atomic mass is 16.4. The van der Waals surface area contributed by atoms with Gasteiger partial charge in [0.1, 0.15) is 5.69 Å². The van der Waals surface area contributed by atoms with Crippen LogP contribution in [0, 0.1) is 0 Å². The largest absolute Gasteiger partial charge is 0.477 e. The highest BCUT2D eigenvalue weighted by Gasteiger charge is 2.08. The molecule has 12 heavy (non-hydrogen) atoms. The summed E-state index contributed by atoms with van der Waals surface area (Å²) in [6, 6.07) is 2.85. The Morgan fingerprint density at radius 2 is 2.25 bits per heavy atom. The van der Waals surface area contributed by atoms with E-state index in [1.165, 1.54) is 12.1 Å². The third kappa shape index (κ3) is 1.53. The molecule has 0 fully saturated rings. The molecule has 0 bridgehead atoms. The lowest BCUT2D eigenvalue weighted by molar-refractivity contribution is 0.0689. The smallest absolute Gasteiger partial charge is 0.352 e. The molecule has 1 aromatic rings. The first-order chi connectivity index (χ1) is 5.65. The summed E-state index contributed by atoms with van der Waals surface area (Å²) >= 11 is 0. The first-order valence-electron chi connectivity index (χ1n) is 3.60. The van der Waals surface area contributed by atoms with E-state index in [0.717, 1.165) is 0 Å². The zero-order valence-corrected chi connectivity index (χ0v) is 6.63. The van der Waals surface area contributed by atoms with E-state index in [4.69, 9.17) is 5.11 Å². The Bertz CT molecular complexity index is 354. The van der Waals surface area contributed by atoms with Crippen LogP contribution >= 0.6 is 0 Å². The summed E-state index contributed by atoms with van der Waals surface area (Å²) in [4.78, 5) is 23.6. The van der Waals surface area contributed by atoms with Crippen molar-refractivity contribution in [2.24, 2.45) is 0 Å². The number of aromatic carboxylic acids is 1. The Morgan fingerprint density at radius 1 is 1.58 bits per heavy atom. The van der Waals surface area contributed by atoms with Crippen LogP contribution in [-0.4, -0.2) is 16.1 Å². The predicted molar refractivity (Wildman–Crippen MR) is 43.4 cm³/mol. The minimum absolute atomic E-state index is 0.00926. The fraction of sp³-hybridized carbons (Fsp3) is 0.250. The maximum Gasteiger partial charge on any atom is 0.352 e. The highest BCUT2D eigenvalue weighted by Crippen LogP contribution is 2.03. The molecule has 0 amide bonds. The van der Waals surface area contributed by atoms with Crippen LogP contribution in [0.15, 0.2) is 16.9 Å². The van der Waals surface area contributed by atoms with E-state index in [0.29, 0.717) is 12.0 Å². The van der Waals surface area contributed by atoms with Gasteiger partial charge in [-0.3, -0.25) is 4.79 Å². The topological polar surface area (TPSA) is 70.2 Å². The summed E-state index contributed by atoms with van der Waals surface area (Å²) in [7, 11) is 0. The van der Waals surface area contributed by atoms with Crippen LogP contribution in [-0.2, 0) is 6.42 Å². The minimum Gasteiger partial charge on any atom is -0.477 e. The van der Waals surface area contributed by atoms with Crippen molar-refractivity contribution in [3.63, 3.8) is 0 Å². The summed E-state index contributed by atoms with van der Waals surface area (Å²) in [5, 5.41) is 8.65. The number of aromatic nitrogens is 1. The maximum absolute atomic E-state index is 10.7. The van der Waals surface area contributed by atoms with Crippen molar-refractivity contribution < 1.29 is 9.90 Å². The standard InChI is InChI=1S/C8H9NO3/c1-2-5-3-4-6(10)9-7(5)8(11)12/h3-4H,2H2,1H3,(H,9,10)(H,11,12). The van der Waals surface area contributed by atoms with Crippen LogP contribution in [0.3, 0.4) is 0 Å². The number of aromatic amines is 1. The molecule has 0 atom stereocenters. The van der Waals surface area contributed by atoms with Gasteiger partial charge in [-0.2, -0.15) is 0 Å². The van der Waals surface area contributed by atoms with Crippen LogP contribution in [0.2, 0.25) is 0 Å². The zero-order chi connectivity index (χ0) is 9.14. The molecule has 1 heterocycles. The summed E-state index contributed by atoms with van der Waals surface area (Å²) in [5.41, 5.74) is 0.247. The number of rotatable bonds is 2. The third-order valence-electron chi connectivity index (χ3n) is 1.60. The second-order valence-corrected chi connectivity index (χ2v) is 2.38. The van der Waals surface area contributed by atoms with Crippen molar-refractivity contribution in [1.29, 1.82) is 0 Å². The second-order valence-electron chi connectivity index (χ2n) is 2.38. The minimum atomic E-state index is -1.09. The van der Waals surface area contributed by atoms with Gasteiger partial charge in [-0.05, 0) is 12.0 Å². The first-order valence-corrected chi connectivity index (χ1v) is 3.60. The lowest BCUT2D eigenvalue weighted by Crippen LogP contribution is -2.14. The number of carboxylic acids is 1. The molecule has 0 spiro atoms. The van der Waals surface area contributed by atoms with Crippen molar-refractivity contribution in [3.8, 4) is 0 Å². The summed E-state index contributed by atoms with van der Waals surface area (Å²) in [5.74, 6) is -1.09. The van der Waals surface area contributed by atoms with Gasteiger partial charge < -0.3 is 10.1 Å². The molecule has 0 unspecified atom stereocenters. The van der Waals surface area contributed by atoms with Crippen LogP contribution in [0.5, 0.6) is 0 Å². The number of nitrogens with one attached hydrogen (secondary N) is 1. The van der Waals surface area contributed by atoms with Crippen molar-refractivity contribution in [2.75, 3.05) is 0 Å². The number of carboxylic acid groups (broad SMARTS) is 1. The van der Waals surface area contributed by atoms with E-state index in [1.54, 1.807) is 0 Å². The van der Waals surface area contributed by atoms with Gasteiger partial charge in [-0.25, -0.2) is 4.79 Å². The van der Waals surface area contributed by atoms with Crippen LogP contribution < -0.4 is 5.56 Å². The van der Waals surface area contributed by atoms with Crippen LogP contribution in [0.1, 0.15) is 23.0 Å². The third-order valence-corrected chi connectivity index (χ3v) is 1.60. The molecule has 64 valence electrons. The van der Waals surface area contributed by atoms with E-state index >= 15 is 0 Å². The molecule has 1 rings (SSSR count). The second kappa shape index (κ2) is 3.21. The Balaban J connectivity index is 3.31. The molecule has 4 heteroatoms. The fourth-order valence-corrected chi connectivity index (χ4v) is 0.990. The fourth-order valence-electron chi connectivity index (χ4n) is 0.990. The molecule has 4 nitrogen and oxygen atoms in total. The summed E-state index contributed by atoms with van der Waals surface area (Å²) < 4.78 is 0. The quantitative estimate of drug-likeness (QED) is 0.678. The van der Waals surface area contributed by atoms with Gasteiger partial charge in [-0.1, -0.05) is 13.0 Å². The van der Waals surface area contributed by atoms with Gasteiger partial charge in [0.25, 0.3) is 0 Å². The number of carbonyl (C=O) groups is 1. The van der Waals surface area contributed by atoms with Gasteiger partial charge in [0.2, 0.25) is 5.56 Å². The molecule has 0 saturated heterocycles. The molecule has 0 radical (unpaired) electrons. The molecule has 0 saturated carbocycles. The van der Waals surface area contributed by atoms with Gasteiger partial charge >= 0.3 is 5.97 Å². The average molecular weight is 167 g/mol. The molecular formula is C8H9NO3. The van der Waals surface area contributed by atoms with Gasteiger partial charge in [0.15, 0.2) is 0 Å². The zero-order valence-electron chi connectivity index (χ0n) is 6.63. The van der Waals surface area contributed by atoms with Gasteiger partial charge in [-0.15, -0.1) is 0 Å². The van der Waals surface area contributed by atoms with E-state index < -0.39 is 5.97 Å². The SMILES string of the molecule is CCc1ccc(=O)[nH]c1C(=O)O. The Hall–Kier alpha value is -1.58. The number of hydrogen-bond acceptors (Lipinski definition) is 2. The molecule has 0 aliphatic heterocycles. The molecule has 0 aliphatic rings. The average Bonchev–Trinajstić information content (AvgIpc) is 2.04. The van der Waals surface area contributed by atoms with E-state index in [-0.39, 0.29) is 11.3 Å². The summed E-state index contributed by atoms with van der Waals surface area (Å²) in [6.07, 6.45) is 0.596. The van der Waals surface area contributed by atoms with Crippen LogP contribution in [0.25, 0.3) is 0 Å². The van der Waals surface area contributed by atoms with Crippen molar-refractivity contribution in [3.05, 3.63) is 33.7 Å². The summed E-state index contributed by atoms with van der Waals surface area (Å²) in [6.45, 7) is 1.83. The highest BCUT2D eigenvalue weighted by molar-refractivity contribution is 5.86. The monoisotopic (exact) mass is 167 g/mol. The number of H-pyrrole nitrogens is 1. The Morgan fingerprint density at radius 3 is 2.75 bits per heavy atom. The first kappa shape index (κ1) is 8.52. The Labute approximate surface area is 68.9 Å². The van der Waals surface area contributed by atoms with Crippen molar-refractivity contribution >= 4 is 5.97 Å². The predicted octanol–water partition coefficient (Wildman–Crippen LogP) is 0.635. The number of pyridine rings is 1. The number of hydrogen-bond donors (Lipinski definition) is 2. The molecule has 2 N–H and O–H groups in total. The van der Waals surface area contributed by atoms with Gasteiger partial charge in [0, 0.05) is 6.07 Å². The molecule has 0 aromatic carbocycles. The molecule has 1 aromatic heterocycles. The Kier molecular flexibility index (Phi) is 2.28. The van der Waals surface area contributed by atoms with E-state index in [2.05, 4.69) is 4.98 Å². The van der Waals surface area contributed by atoms with Gasteiger partial charge in [0.05, 0.1) is 0 Å². The maximum atomic E-state index is 10.7. The van der Waals surface area contributed by atoms with E-state index in [1.807, 2.05) is 6.92 Å². The molecular weight excluding hydrogens is 158 g/mol. The van der Waals surface area contributed by atoms with Crippen molar-refractivity contribution in [2.45, 2.75) is 13.3 Å². The van der Waals surface area contributed by atoms with E-state index in [9.17, 15) is 9.59 Å².